The van der Waals surface area contributed by atoms with E-state index in [0.717, 1.165) is 52.4 Å². The van der Waals surface area contributed by atoms with Crippen LogP contribution in [-0.2, 0) is 0 Å². The number of aromatic nitrogens is 1. The van der Waals surface area contributed by atoms with Gasteiger partial charge in [0.2, 0.25) is 0 Å². The van der Waals surface area contributed by atoms with Crippen molar-refractivity contribution < 1.29 is 9.47 Å². The van der Waals surface area contributed by atoms with Gasteiger partial charge in [-0.05, 0) is 60.2 Å². The van der Waals surface area contributed by atoms with Crippen LogP contribution in [0.15, 0.2) is 60.7 Å². The molecule has 164 valence electrons. The van der Waals surface area contributed by atoms with E-state index in [1.807, 2.05) is 19.1 Å². The molecule has 0 fully saturated rings. The molecule has 0 aliphatic carbocycles. The number of hydrogen-bond donors (Lipinski definition) is 0. The van der Waals surface area contributed by atoms with Gasteiger partial charge in [0.05, 0.1) is 18.9 Å². The van der Waals surface area contributed by atoms with E-state index in [2.05, 4.69) is 81.2 Å². The minimum Gasteiger partial charge on any atom is -0.489 e. The van der Waals surface area contributed by atoms with Crippen molar-refractivity contribution in [2.24, 2.45) is 11.8 Å². The third-order valence-electron chi connectivity index (χ3n) is 5.76. The topological polar surface area (TPSA) is 31.4 Å². The molecular formula is C28H35NO2. The van der Waals surface area contributed by atoms with Crippen molar-refractivity contribution >= 4 is 0 Å². The van der Waals surface area contributed by atoms with Gasteiger partial charge in [0.25, 0.3) is 0 Å². The maximum atomic E-state index is 6.21. The summed E-state index contributed by atoms with van der Waals surface area (Å²) >= 11 is 0. The van der Waals surface area contributed by atoms with E-state index >= 15 is 0 Å². The van der Waals surface area contributed by atoms with Gasteiger partial charge in [0, 0.05) is 11.3 Å². The monoisotopic (exact) mass is 417 g/mol. The molecule has 3 nitrogen and oxygen atoms in total. The Balaban J connectivity index is 1.91. The van der Waals surface area contributed by atoms with E-state index < -0.39 is 0 Å². The SMILES string of the molecule is CCC(C)COc1ccc(-c2cccc(-c3cccc(C)n3)c2)cc1OCC(C)CC. The minimum absolute atomic E-state index is 0.502. The summed E-state index contributed by atoms with van der Waals surface area (Å²) in [4.78, 5) is 4.67. The van der Waals surface area contributed by atoms with Gasteiger partial charge in [-0.15, -0.1) is 0 Å². The summed E-state index contributed by atoms with van der Waals surface area (Å²) in [6.07, 6.45) is 2.19. The molecule has 2 atom stereocenters. The fourth-order valence-corrected chi connectivity index (χ4v) is 3.18. The molecular weight excluding hydrogens is 382 g/mol. The Morgan fingerprint density at radius 3 is 2.00 bits per heavy atom. The highest BCUT2D eigenvalue weighted by molar-refractivity contribution is 5.73. The maximum absolute atomic E-state index is 6.21. The molecule has 3 heteroatoms. The zero-order chi connectivity index (χ0) is 22.2. The molecule has 3 rings (SSSR count). The van der Waals surface area contributed by atoms with Gasteiger partial charge < -0.3 is 9.47 Å². The molecule has 0 saturated carbocycles. The first-order valence-corrected chi connectivity index (χ1v) is 11.4. The smallest absolute Gasteiger partial charge is 0.161 e. The second kappa shape index (κ2) is 11.0. The van der Waals surface area contributed by atoms with Crippen LogP contribution in [0.2, 0.25) is 0 Å². The Morgan fingerprint density at radius 1 is 0.710 bits per heavy atom. The lowest BCUT2D eigenvalue weighted by Crippen LogP contribution is -2.11. The zero-order valence-electron chi connectivity index (χ0n) is 19.5. The summed E-state index contributed by atoms with van der Waals surface area (Å²) < 4.78 is 12.3. The molecule has 0 aliphatic heterocycles. The Kier molecular flexibility index (Phi) is 8.11. The van der Waals surface area contributed by atoms with Crippen LogP contribution in [0.4, 0.5) is 0 Å². The van der Waals surface area contributed by atoms with E-state index in [4.69, 9.17) is 9.47 Å². The Hall–Kier alpha value is -2.81. The lowest BCUT2D eigenvalue weighted by atomic mass is 10.0. The third kappa shape index (κ3) is 6.33. The fourth-order valence-electron chi connectivity index (χ4n) is 3.18. The Bertz CT molecular complexity index is 982. The van der Waals surface area contributed by atoms with Crippen molar-refractivity contribution in [3.8, 4) is 33.9 Å². The Morgan fingerprint density at radius 2 is 1.32 bits per heavy atom. The third-order valence-corrected chi connectivity index (χ3v) is 5.76. The normalized spacial score (nSPS) is 12.9. The van der Waals surface area contributed by atoms with Gasteiger partial charge in [0.15, 0.2) is 11.5 Å². The van der Waals surface area contributed by atoms with E-state index in [1.54, 1.807) is 0 Å². The lowest BCUT2D eigenvalue weighted by Gasteiger charge is -2.18. The van der Waals surface area contributed by atoms with E-state index in [9.17, 15) is 0 Å². The number of nitrogens with zero attached hydrogens (tertiary/aromatic N) is 1. The second-order valence-electron chi connectivity index (χ2n) is 8.56. The van der Waals surface area contributed by atoms with Gasteiger partial charge in [-0.25, -0.2) is 0 Å². The largest absolute Gasteiger partial charge is 0.489 e. The summed E-state index contributed by atoms with van der Waals surface area (Å²) in [6.45, 7) is 12.2. The van der Waals surface area contributed by atoms with E-state index in [0.29, 0.717) is 25.0 Å². The highest BCUT2D eigenvalue weighted by atomic mass is 16.5. The van der Waals surface area contributed by atoms with Crippen LogP contribution in [0.3, 0.4) is 0 Å². The van der Waals surface area contributed by atoms with Crippen molar-refractivity contribution in [1.82, 2.24) is 4.98 Å². The van der Waals surface area contributed by atoms with Crippen LogP contribution in [0, 0.1) is 18.8 Å². The molecule has 0 radical (unpaired) electrons. The quantitative estimate of drug-likeness (QED) is 0.341. The first kappa shape index (κ1) is 22.9. The molecule has 2 unspecified atom stereocenters. The zero-order valence-corrected chi connectivity index (χ0v) is 19.5. The summed E-state index contributed by atoms with van der Waals surface area (Å²) in [7, 11) is 0. The average molecular weight is 418 g/mol. The standard InChI is InChI=1S/C28H35NO2/c1-6-20(3)18-30-27-15-14-24(17-28(27)31-19-21(4)7-2)23-11-9-12-25(16-23)26-13-8-10-22(5)29-26/h8-17,20-21H,6-7,18-19H2,1-5H3. The van der Waals surface area contributed by atoms with Crippen molar-refractivity contribution in [2.75, 3.05) is 13.2 Å². The molecule has 0 saturated heterocycles. The molecule has 0 bridgehead atoms. The van der Waals surface area contributed by atoms with Crippen molar-refractivity contribution in [3.05, 3.63) is 66.4 Å². The first-order chi connectivity index (χ1) is 15.0. The lowest BCUT2D eigenvalue weighted by molar-refractivity contribution is 0.218. The van der Waals surface area contributed by atoms with Crippen molar-refractivity contribution in [2.45, 2.75) is 47.5 Å². The van der Waals surface area contributed by atoms with Crippen molar-refractivity contribution in [1.29, 1.82) is 0 Å². The number of rotatable bonds is 10. The molecule has 0 N–H and O–H groups in total. The molecule has 2 aromatic carbocycles. The van der Waals surface area contributed by atoms with Crippen LogP contribution in [0.25, 0.3) is 22.4 Å². The van der Waals surface area contributed by atoms with Crippen molar-refractivity contribution in [3.63, 3.8) is 0 Å². The van der Waals surface area contributed by atoms with Gasteiger partial charge in [-0.3, -0.25) is 4.98 Å². The molecule has 3 aromatic rings. The summed E-state index contributed by atoms with van der Waals surface area (Å²) in [6, 6.07) is 20.9. The number of pyridine rings is 1. The first-order valence-electron chi connectivity index (χ1n) is 11.4. The van der Waals surface area contributed by atoms with Crippen LogP contribution < -0.4 is 9.47 Å². The highest BCUT2D eigenvalue weighted by Crippen LogP contribution is 2.35. The minimum atomic E-state index is 0.502. The maximum Gasteiger partial charge on any atom is 0.161 e. The molecule has 1 aromatic heterocycles. The van der Waals surface area contributed by atoms with E-state index in [1.165, 1.54) is 0 Å². The molecule has 0 amide bonds. The number of hydrogen-bond acceptors (Lipinski definition) is 3. The van der Waals surface area contributed by atoms with Crippen LogP contribution >= 0.6 is 0 Å². The van der Waals surface area contributed by atoms with E-state index in [-0.39, 0.29) is 0 Å². The fraction of sp³-hybridized carbons (Fsp3) is 0.393. The second-order valence-corrected chi connectivity index (χ2v) is 8.56. The highest BCUT2D eigenvalue weighted by Gasteiger charge is 2.12. The molecule has 1 heterocycles. The molecule has 0 aliphatic rings. The predicted octanol–water partition coefficient (Wildman–Crippen LogP) is 7.57. The van der Waals surface area contributed by atoms with Crippen LogP contribution in [-0.4, -0.2) is 18.2 Å². The number of ether oxygens (including phenoxy) is 2. The summed E-state index contributed by atoms with van der Waals surface area (Å²) in [5.41, 5.74) is 5.38. The molecule has 0 spiro atoms. The number of aryl methyl sites for hydroxylation is 1. The van der Waals surface area contributed by atoms with Gasteiger partial charge in [-0.2, -0.15) is 0 Å². The van der Waals surface area contributed by atoms with Crippen LogP contribution in [0.1, 0.15) is 46.2 Å². The summed E-state index contributed by atoms with van der Waals surface area (Å²) in [5, 5.41) is 0. The number of benzene rings is 2. The van der Waals surface area contributed by atoms with Gasteiger partial charge >= 0.3 is 0 Å². The Labute approximate surface area is 187 Å². The van der Waals surface area contributed by atoms with Gasteiger partial charge in [0.1, 0.15) is 0 Å². The van der Waals surface area contributed by atoms with Crippen LogP contribution in [0.5, 0.6) is 11.5 Å². The summed E-state index contributed by atoms with van der Waals surface area (Å²) in [5.74, 6) is 2.66. The average Bonchev–Trinajstić information content (AvgIpc) is 2.81. The predicted molar refractivity (Wildman–Crippen MR) is 130 cm³/mol. The van der Waals surface area contributed by atoms with Gasteiger partial charge in [-0.1, -0.05) is 70.9 Å². The molecule has 31 heavy (non-hydrogen) atoms.